The minimum atomic E-state index is 0.0399. The monoisotopic (exact) mass is 274 g/mol. The Labute approximate surface area is 116 Å². The first-order chi connectivity index (χ1) is 9.60. The lowest BCUT2D eigenvalue weighted by Gasteiger charge is -2.01. The summed E-state index contributed by atoms with van der Waals surface area (Å²) >= 11 is 0. The van der Waals surface area contributed by atoms with Crippen LogP contribution in [0.25, 0.3) is 0 Å². The van der Waals surface area contributed by atoms with Crippen LogP contribution in [0.15, 0.2) is 42.5 Å². The summed E-state index contributed by atoms with van der Waals surface area (Å²) in [6.45, 7) is 0. The van der Waals surface area contributed by atoms with Gasteiger partial charge in [0.1, 0.15) is 18.3 Å². The third-order valence-corrected chi connectivity index (χ3v) is 2.37. The van der Waals surface area contributed by atoms with E-state index in [4.69, 9.17) is 14.9 Å². The van der Waals surface area contributed by atoms with Crippen molar-refractivity contribution in [2.45, 2.75) is 0 Å². The molecule has 0 amide bonds. The third kappa shape index (κ3) is 4.45. The number of methoxy groups -OCH3 is 1. The molecule has 0 unspecified atom stereocenters. The van der Waals surface area contributed by atoms with E-state index in [0.29, 0.717) is 23.2 Å². The first-order valence-corrected chi connectivity index (χ1v) is 5.67. The van der Waals surface area contributed by atoms with E-state index in [2.05, 4.69) is 0 Å². The molecule has 0 aliphatic carbocycles. The molecular weight excluding hydrogens is 260 g/mol. The highest BCUT2D eigenvalue weighted by atomic mass is 16.5. The standard InChI is InChI=1S/C8H8O3.C7H6O2/c1-11-8-4-6(5-9)2-3-7(8)10;8-5-6-1-3-7(9)4-2-6/h2-5,10H,1H3;1-5,9H. The molecule has 0 saturated heterocycles. The summed E-state index contributed by atoms with van der Waals surface area (Å²) in [4.78, 5) is 20.3. The molecular formula is C15H14O5. The zero-order chi connectivity index (χ0) is 15.0. The largest absolute Gasteiger partial charge is 0.508 e. The summed E-state index contributed by atoms with van der Waals surface area (Å²) in [5, 5.41) is 17.8. The SMILES string of the molecule is COc1cc(C=O)ccc1O.O=Cc1ccc(O)cc1. The van der Waals surface area contributed by atoms with Crippen molar-refractivity contribution >= 4 is 12.6 Å². The number of hydrogen-bond acceptors (Lipinski definition) is 5. The Morgan fingerprint density at radius 1 is 0.900 bits per heavy atom. The second-order valence-electron chi connectivity index (χ2n) is 3.76. The molecule has 0 heterocycles. The molecule has 104 valence electrons. The average molecular weight is 274 g/mol. The number of phenols is 2. The number of aldehydes is 2. The van der Waals surface area contributed by atoms with Crippen molar-refractivity contribution in [3.8, 4) is 17.2 Å². The van der Waals surface area contributed by atoms with Crippen LogP contribution in [0.1, 0.15) is 20.7 Å². The average Bonchev–Trinajstić information content (AvgIpc) is 2.49. The maximum atomic E-state index is 10.2. The predicted molar refractivity (Wildman–Crippen MR) is 73.5 cm³/mol. The smallest absolute Gasteiger partial charge is 0.161 e. The first-order valence-electron chi connectivity index (χ1n) is 5.67. The lowest BCUT2D eigenvalue weighted by Crippen LogP contribution is -1.85. The van der Waals surface area contributed by atoms with Crippen molar-refractivity contribution in [3.63, 3.8) is 0 Å². The minimum Gasteiger partial charge on any atom is -0.508 e. The van der Waals surface area contributed by atoms with Gasteiger partial charge in [0.15, 0.2) is 11.5 Å². The van der Waals surface area contributed by atoms with Gasteiger partial charge in [-0.1, -0.05) is 0 Å². The Kier molecular flexibility index (Phi) is 5.77. The second-order valence-corrected chi connectivity index (χ2v) is 3.76. The van der Waals surface area contributed by atoms with Crippen molar-refractivity contribution in [2.75, 3.05) is 7.11 Å². The van der Waals surface area contributed by atoms with Crippen LogP contribution in [-0.2, 0) is 0 Å². The lowest BCUT2D eigenvalue weighted by molar-refractivity contribution is 0.111. The predicted octanol–water partition coefficient (Wildman–Crippen LogP) is 2.42. The summed E-state index contributed by atoms with van der Waals surface area (Å²) in [6, 6.07) is 10.5. The summed E-state index contributed by atoms with van der Waals surface area (Å²) in [5.41, 5.74) is 1.06. The molecule has 2 rings (SSSR count). The molecule has 2 aromatic rings. The van der Waals surface area contributed by atoms with Crippen molar-refractivity contribution in [3.05, 3.63) is 53.6 Å². The topological polar surface area (TPSA) is 83.8 Å². The second kappa shape index (κ2) is 7.58. The fourth-order valence-corrected chi connectivity index (χ4v) is 1.32. The van der Waals surface area contributed by atoms with Gasteiger partial charge < -0.3 is 14.9 Å². The number of phenolic OH excluding ortho intramolecular Hbond substituents is 2. The van der Waals surface area contributed by atoms with Crippen LogP contribution in [-0.4, -0.2) is 29.9 Å². The highest BCUT2D eigenvalue weighted by molar-refractivity contribution is 5.76. The van der Waals surface area contributed by atoms with E-state index in [1.807, 2.05) is 0 Å². The summed E-state index contributed by atoms with van der Waals surface area (Å²) in [6.07, 6.45) is 1.43. The molecule has 5 heteroatoms. The van der Waals surface area contributed by atoms with Gasteiger partial charge >= 0.3 is 0 Å². The molecule has 0 aromatic heterocycles. The van der Waals surface area contributed by atoms with Gasteiger partial charge in [0.05, 0.1) is 7.11 Å². The molecule has 0 aliphatic heterocycles. The van der Waals surface area contributed by atoms with Crippen molar-refractivity contribution in [2.24, 2.45) is 0 Å². The number of ether oxygens (including phenoxy) is 1. The number of benzene rings is 2. The minimum absolute atomic E-state index is 0.0399. The normalized spacial score (nSPS) is 9.05. The molecule has 5 nitrogen and oxygen atoms in total. The Balaban J connectivity index is 0.000000204. The van der Waals surface area contributed by atoms with E-state index < -0.39 is 0 Å². The number of aromatic hydroxyl groups is 2. The molecule has 2 N–H and O–H groups in total. The van der Waals surface area contributed by atoms with Gasteiger partial charge in [0.2, 0.25) is 0 Å². The number of rotatable bonds is 3. The van der Waals surface area contributed by atoms with Gasteiger partial charge in [-0.25, -0.2) is 0 Å². The molecule has 0 aliphatic rings. The van der Waals surface area contributed by atoms with Crippen molar-refractivity contribution in [1.82, 2.24) is 0 Å². The molecule has 0 spiro atoms. The van der Waals surface area contributed by atoms with Crippen molar-refractivity contribution < 1.29 is 24.5 Å². The molecule has 2 aromatic carbocycles. The van der Waals surface area contributed by atoms with Gasteiger partial charge in [-0.05, 0) is 42.5 Å². The van der Waals surface area contributed by atoms with Crippen LogP contribution in [0.3, 0.4) is 0 Å². The molecule has 0 saturated carbocycles. The van der Waals surface area contributed by atoms with Gasteiger partial charge in [-0.3, -0.25) is 9.59 Å². The van der Waals surface area contributed by atoms with Crippen LogP contribution in [0.5, 0.6) is 17.2 Å². The Hall–Kier alpha value is -2.82. The van der Waals surface area contributed by atoms with E-state index in [0.717, 1.165) is 6.29 Å². The van der Waals surface area contributed by atoms with E-state index in [9.17, 15) is 9.59 Å². The van der Waals surface area contributed by atoms with E-state index in [1.165, 1.54) is 37.4 Å². The van der Waals surface area contributed by atoms with Crippen LogP contribution in [0.2, 0.25) is 0 Å². The van der Waals surface area contributed by atoms with E-state index in [-0.39, 0.29) is 11.5 Å². The molecule has 0 atom stereocenters. The fourth-order valence-electron chi connectivity index (χ4n) is 1.32. The quantitative estimate of drug-likeness (QED) is 0.840. The zero-order valence-corrected chi connectivity index (χ0v) is 10.8. The summed E-state index contributed by atoms with van der Waals surface area (Å²) < 4.78 is 4.78. The highest BCUT2D eigenvalue weighted by Gasteiger charge is 2.00. The molecule has 0 bridgehead atoms. The van der Waals surface area contributed by atoms with E-state index in [1.54, 1.807) is 12.1 Å². The number of carbonyl (C=O) groups excluding carboxylic acids is 2. The van der Waals surface area contributed by atoms with Gasteiger partial charge in [0, 0.05) is 11.1 Å². The van der Waals surface area contributed by atoms with Gasteiger partial charge in [-0.15, -0.1) is 0 Å². The van der Waals surface area contributed by atoms with Crippen LogP contribution < -0.4 is 4.74 Å². The fraction of sp³-hybridized carbons (Fsp3) is 0.0667. The molecule has 0 fully saturated rings. The Morgan fingerprint density at radius 2 is 1.45 bits per heavy atom. The van der Waals surface area contributed by atoms with Gasteiger partial charge in [-0.2, -0.15) is 0 Å². The number of hydrogen-bond donors (Lipinski definition) is 2. The molecule has 20 heavy (non-hydrogen) atoms. The summed E-state index contributed by atoms with van der Waals surface area (Å²) in [5.74, 6) is 0.535. The molecule has 0 radical (unpaired) electrons. The Morgan fingerprint density at radius 3 is 1.95 bits per heavy atom. The van der Waals surface area contributed by atoms with Gasteiger partial charge in [0.25, 0.3) is 0 Å². The first kappa shape index (κ1) is 15.2. The van der Waals surface area contributed by atoms with Crippen LogP contribution in [0.4, 0.5) is 0 Å². The number of carbonyl (C=O) groups is 2. The summed E-state index contributed by atoms with van der Waals surface area (Å²) in [7, 11) is 1.43. The maximum absolute atomic E-state index is 10.2. The van der Waals surface area contributed by atoms with Crippen molar-refractivity contribution in [1.29, 1.82) is 0 Å². The lowest BCUT2D eigenvalue weighted by atomic mass is 10.2. The highest BCUT2D eigenvalue weighted by Crippen LogP contribution is 2.25. The maximum Gasteiger partial charge on any atom is 0.161 e. The van der Waals surface area contributed by atoms with Crippen LogP contribution in [0, 0.1) is 0 Å². The Bertz CT molecular complexity index is 575. The van der Waals surface area contributed by atoms with Crippen LogP contribution >= 0.6 is 0 Å². The van der Waals surface area contributed by atoms with E-state index >= 15 is 0 Å². The third-order valence-electron chi connectivity index (χ3n) is 2.37. The zero-order valence-electron chi connectivity index (χ0n) is 10.8.